The zero-order chi connectivity index (χ0) is 6.69. The van der Waals surface area contributed by atoms with Gasteiger partial charge in [0.25, 0.3) is 0 Å². The molecule has 1 aromatic rings. The minimum atomic E-state index is 0.251. The van der Waals surface area contributed by atoms with Crippen molar-refractivity contribution in [2.24, 2.45) is 0 Å². The molecule has 0 radical (unpaired) electrons. The first-order valence-corrected chi connectivity index (χ1v) is 3.68. The van der Waals surface area contributed by atoms with Crippen molar-refractivity contribution in [2.45, 2.75) is 20.0 Å². The lowest BCUT2D eigenvalue weighted by atomic mass is 10.5. The molecule has 0 aliphatic heterocycles. The molecule has 0 N–H and O–H groups in total. The maximum Gasteiger partial charge on any atom is 0.150 e. The lowest BCUT2D eigenvalue weighted by Crippen LogP contribution is -2.04. The van der Waals surface area contributed by atoms with Crippen molar-refractivity contribution in [3.8, 4) is 5.75 Å². The van der Waals surface area contributed by atoms with Crippen LogP contribution < -0.4 is 4.74 Å². The normalized spacial score (nSPS) is 10.1. The maximum absolute atomic E-state index is 5.30. The number of hydrogen-bond donors (Lipinski definition) is 0. The highest BCUT2D eigenvalue weighted by atomic mass is 32.1. The Morgan fingerprint density at radius 3 is 2.89 bits per heavy atom. The number of aromatic nitrogens is 1. The van der Waals surface area contributed by atoms with Gasteiger partial charge in [0.15, 0.2) is 0 Å². The smallest absolute Gasteiger partial charge is 0.150 e. The van der Waals surface area contributed by atoms with Crippen LogP contribution in [0.15, 0.2) is 11.6 Å². The van der Waals surface area contributed by atoms with Gasteiger partial charge in [-0.05, 0) is 25.4 Å². The summed E-state index contributed by atoms with van der Waals surface area (Å²) >= 11 is 1.41. The monoisotopic (exact) mass is 143 g/mol. The third-order valence-corrected chi connectivity index (χ3v) is 1.35. The van der Waals surface area contributed by atoms with E-state index in [1.165, 1.54) is 11.5 Å². The van der Waals surface area contributed by atoms with Crippen LogP contribution in [-0.4, -0.2) is 10.5 Å². The summed E-state index contributed by atoms with van der Waals surface area (Å²) in [5.41, 5.74) is 0. The van der Waals surface area contributed by atoms with Gasteiger partial charge in [-0.2, -0.15) is 4.37 Å². The summed E-state index contributed by atoms with van der Waals surface area (Å²) < 4.78 is 9.19. The molecule has 0 spiro atoms. The van der Waals surface area contributed by atoms with E-state index >= 15 is 0 Å². The van der Waals surface area contributed by atoms with E-state index in [1.807, 2.05) is 19.2 Å². The van der Waals surface area contributed by atoms with E-state index in [1.54, 1.807) is 6.20 Å². The Bertz CT molecular complexity index is 160. The third-order valence-electron chi connectivity index (χ3n) is 0.781. The molecule has 1 rings (SSSR count). The van der Waals surface area contributed by atoms with Crippen LogP contribution >= 0.6 is 11.5 Å². The first kappa shape index (κ1) is 6.55. The Kier molecular flexibility index (Phi) is 2.05. The van der Waals surface area contributed by atoms with E-state index in [0.29, 0.717) is 0 Å². The van der Waals surface area contributed by atoms with E-state index in [4.69, 9.17) is 4.74 Å². The van der Waals surface area contributed by atoms with Crippen LogP contribution in [0.2, 0.25) is 0 Å². The summed E-state index contributed by atoms with van der Waals surface area (Å²) in [4.78, 5) is 0. The largest absolute Gasteiger partial charge is 0.488 e. The van der Waals surface area contributed by atoms with E-state index in [-0.39, 0.29) is 6.10 Å². The van der Waals surface area contributed by atoms with Crippen LogP contribution in [0.5, 0.6) is 5.75 Å². The lowest BCUT2D eigenvalue weighted by Gasteiger charge is -2.04. The lowest BCUT2D eigenvalue weighted by molar-refractivity contribution is 0.243. The van der Waals surface area contributed by atoms with Gasteiger partial charge >= 0.3 is 0 Å². The highest BCUT2D eigenvalue weighted by Crippen LogP contribution is 2.12. The van der Waals surface area contributed by atoms with Crippen LogP contribution in [0.1, 0.15) is 13.8 Å². The maximum atomic E-state index is 5.30. The van der Waals surface area contributed by atoms with Crippen molar-refractivity contribution in [2.75, 3.05) is 0 Å². The van der Waals surface area contributed by atoms with Gasteiger partial charge in [0.05, 0.1) is 17.7 Å². The van der Waals surface area contributed by atoms with Gasteiger partial charge in [-0.25, -0.2) is 0 Å². The fraction of sp³-hybridized carbons (Fsp3) is 0.500. The topological polar surface area (TPSA) is 22.1 Å². The van der Waals surface area contributed by atoms with E-state index in [2.05, 4.69) is 4.37 Å². The summed E-state index contributed by atoms with van der Waals surface area (Å²) in [7, 11) is 0. The Morgan fingerprint density at radius 2 is 2.44 bits per heavy atom. The molecule has 0 amide bonds. The van der Waals surface area contributed by atoms with Gasteiger partial charge < -0.3 is 4.74 Å². The van der Waals surface area contributed by atoms with Gasteiger partial charge in [0.1, 0.15) is 5.75 Å². The van der Waals surface area contributed by atoms with E-state index in [9.17, 15) is 0 Å². The first-order chi connectivity index (χ1) is 4.29. The van der Waals surface area contributed by atoms with Crippen LogP contribution in [0, 0.1) is 0 Å². The number of rotatable bonds is 2. The number of ether oxygens (including phenoxy) is 1. The van der Waals surface area contributed by atoms with Crippen molar-refractivity contribution < 1.29 is 4.74 Å². The predicted molar refractivity (Wildman–Crippen MR) is 37.9 cm³/mol. The molecular weight excluding hydrogens is 134 g/mol. The van der Waals surface area contributed by atoms with Gasteiger partial charge in [-0.1, -0.05) is 0 Å². The molecule has 0 aliphatic rings. The fourth-order valence-corrected chi connectivity index (χ4v) is 0.971. The van der Waals surface area contributed by atoms with Gasteiger partial charge in [-0.15, -0.1) is 0 Å². The SMILES string of the molecule is CC(C)Oc1cnsc1. The minimum Gasteiger partial charge on any atom is -0.488 e. The second-order valence-electron chi connectivity index (χ2n) is 2.03. The van der Waals surface area contributed by atoms with Crippen LogP contribution in [0.3, 0.4) is 0 Å². The van der Waals surface area contributed by atoms with Crippen molar-refractivity contribution in [3.05, 3.63) is 11.6 Å². The van der Waals surface area contributed by atoms with Crippen LogP contribution in [0.25, 0.3) is 0 Å². The fourth-order valence-electron chi connectivity index (χ4n) is 0.526. The average Bonchev–Trinajstić information content (AvgIpc) is 2.15. The zero-order valence-electron chi connectivity index (χ0n) is 5.50. The Balaban J connectivity index is 2.48. The molecule has 2 nitrogen and oxygen atoms in total. The molecule has 0 aliphatic carbocycles. The van der Waals surface area contributed by atoms with Crippen molar-refractivity contribution in [3.63, 3.8) is 0 Å². The van der Waals surface area contributed by atoms with Crippen LogP contribution in [0.4, 0.5) is 0 Å². The van der Waals surface area contributed by atoms with Crippen molar-refractivity contribution in [1.82, 2.24) is 4.37 Å². The molecule has 0 fully saturated rings. The van der Waals surface area contributed by atoms with Crippen molar-refractivity contribution >= 4 is 11.5 Å². The summed E-state index contributed by atoms with van der Waals surface area (Å²) in [5, 5.41) is 1.89. The van der Waals surface area contributed by atoms with Crippen molar-refractivity contribution in [1.29, 1.82) is 0 Å². The Morgan fingerprint density at radius 1 is 1.67 bits per heavy atom. The molecule has 0 unspecified atom stereocenters. The number of hydrogen-bond acceptors (Lipinski definition) is 3. The van der Waals surface area contributed by atoms with Crippen LogP contribution in [-0.2, 0) is 0 Å². The zero-order valence-corrected chi connectivity index (χ0v) is 6.31. The molecule has 0 saturated heterocycles. The standard InChI is InChI=1S/C6H9NOS/c1-5(2)8-6-3-7-9-4-6/h3-5H,1-2H3. The molecular formula is C6H9NOS. The van der Waals surface area contributed by atoms with E-state index < -0.39 is 0 Å². The second kappa shape index (κ2) is 2.82. The summed E-state index contributed by atoms with van der Waals surface area (Å²) in [6.07, 6.45) is 1.98. The van der Waals surface area contributed by atoms with E-state index in [0.717, 1.165) is 5.75 Å². The molecule has 1 aromatic heterocycles. The van der Waals surface area contributed by atoms with Gasteiger partial charge in [0.2, 0.25) is 0 Å². The molecule has 9 heavy (non-hydrogen) atoms. The second-order valence-corrected chi connectivity index (χ2v) is 2.68. The Hall–Kier alpha value is -0.570. The highest BCUT2D eigenvalue weighted by molar-refractivity contribution is 7.03. The molecule has 0 bridgehead atoms. The minimum absolute atomic E-state index is 0.251. The first-order valence-electron chi connectivity index (χ1n) is 2.85. The predicted octanol–water partition coefficient (Wildman–Crippen LogP) is 1.93. The summed E-state index contributed by atoms with van der Waals surface area (Å²) in [6, 6.07) is 0. The molecule has 0 aromatic carbocycles. The molecule has 3 heteroatoms. The van der Waals surface area contributed by atoms with Gasteiger partial charge in [0, 0.05) is 0 Å². The molecule has 0 atom stereocenters. The van der Waals surface area contributed by atoms with Gasteiger partial charge in [-0.3, -0.25) is 0 Å². The molecule has 1 heterocycles. The third kappa shape index (κ3) is 2.01. The molecule has 50 valence electrons. The Labute approximate surface area is 58.6 Å². The number of nitrogens with zero attached hydrogens (tertiary/aromatic N) is 1. The molecule has 0 saturated carbocycles. The highest BCUT2D eigenvalue weighted by Gasteiger charge is 1.95. The summed E-state index contributed by atoms with van der Waals surface area (Å²) in [6.45, 7) is 4.00. The summed E-state index contributed by atoms with van der Waals surface area (Å²) in [5.74, 6) is 0.870. The quantitative estimate of drug-likeness (QED) is 0.631. The average molecular weight is 143 g/mol.